The van der Waals surface area contributed by atoms with Crippen molar-refractivity contribution in [2.75, 3.05) is 18.1 Å². The quantitative estimate of drug-likeness (QED) is 0.778. The first-order valence-corrected chi connectivity index (χ1v) is 6.67. The third kappa shape index (κ3) is 4.38. The van der Waals surface area contributed by atoms with Crippen LogP contribution in [0.3, 0.4) is 0 Å². The molecule has 1 unspecified atom stereocenters. The molecule has 7 heteroatoms. The minimum atomic E-state index is -2.33. The third-order valence-electron chi connectivity index (χ3n) is 1.68. The molecule has 0 aliphatic carbocycles. The molecular formula is C8H10F3NOS2. The third-order valence-corrected chi connectivity index (χ3v) is 4.55. The van der Waals surface area contributed by atoms with E-state index in [1.807, 2.05) is 0 Å². The topological polar surface area (TPSA) is 29.4 Å². The van der Waals surface area contributed by atoms with Crippen molar-refractivity contribution in [3.05, 3.63) is 11.9 Å². The summed E-state index contributed by atoms with van der Waals surface area (Å²) in [6.45, 7) is 0.615. The number of allylic oxidation sites excluding steroid dienone is 1. The van der Waals surface area contributed by atoms with Crippen molar-refractivity contribution < 1.29 is 17.4 Å². The number of halogens is 3. The number of hydrogen-bond acceptors (Lipinski definition) is 3. The predicted octanol–water partition coefficient (Wildman–Crippen LogP) is 2.70. The van der Waals surface area contributed by atoms with Gasteiger partial charge in [0.15, 0.2) is 10.2 Å². The molecule has 0 radical (unpaired) electrons. The van der Waals surface area contributed by atoms with Crippen LogP contribution in [0.25, 0.3) is 0 Å². The highest BCUT2D eigenvalue weighted by Gasteiger charge is 2.15. The smallest absolute Gasteiger partial charge is 0.270 e. The van der Waals surface area contributed by atoms with E-state index < -0.39 is 29.1 Å². The molecule has 1 rings (SSSR count). The van der Waals surface area contributed by atoms with Crippen molar-refractivity contribution in [3.63, 3.8) is 0 Å². The molecule has 0 amide bonds. The number of hydrogen-bond donors (Lipinski definition) is 0. The first kappa shape index (κ1) is 12.8. The number of aliphatic imine (C=N–C) groups is 1. The SMILES string of the molecule is O=S(CCC(F)=C(F)F)C1=NCCCS1. The summed E-state index contributed by atoms with van der Waals surface area (Å²) in [6.07, 6.45) is -1.89. The molecule has 1 aliphatic rings. The monoisotopic (exact) mass is 257 g/mol. The second kappa shape index (κ2) is 6.32. The van der Waals surface area contributed by atoms with Crippen molar-refractivity contribution in [1.82, 2.24) is 0 Å². The van der Waals surface area contributed by atoms with E-state index in [2.05, 4.69) is 4.99 Å². The highest BCUT2D eigenvalue weighted by Crippen LogP contribution is 2.18. The fourth-order valence-electron chi connectivity index (χ4n) is 0.942. The Hall–Kier alpha value is -0.300. The fourth-order valence-corrected chi connectivity index (χ4v) is 3.37. The molecule has 1 atom stereocenters. The Morgan fingerprint density at radius 1 is 1.47 bits per heavy atom. The summed E-state index contributed by atoms with van der Waals surface area (Å²) in [5, 5.41) is 0. The Morgan fingerprint density at radius 3 is 2.73 bits per heavy atom. The summed E-state index contributed by atoms with van der Waals surface area (Å²) in [5.41, 5.74) is 0. The van der Waals surface area contributed by atoms with Crippen molar-refractivity contribution in [2.24, 2.45) is 4.99 Å². The first-order chi connectivity index (χ1) is 7.11. The molecule has 1 aliphatic heterocycles. The lowest BCUT2D eigenvalue weighted by molar-refractivity contribution is 0.373. The van der Waals surface area contributed by atoms with Crippen LogP contribution in [0.5, 0.6) is 0 Å². The molecule has 0 bridgehead atoms. The Morgan fingerprint density at radius 2 is 2.20 bits per heavy atom. The van der Waals surface area contributed by atoms with Gasteiger partial charge < -0.3 is 0 Å². The van der Waals surface area contributed by atoms with Crippen LogP contribution in [0, 0.1) is 0 Å². The average molecular weight is 257 g/mol. The van der Waals surface area contributed by atoms with Crippen LogP contribution in [0.2, 0.25) is 0 Å². The van der Waals surface area contributed by atoms with Gasteiger partial charge >= 0.3 is 6.08 Å². The molecule has 0 spiro atoms. The average Bonchev–Trinajstić information content (AvgIpc) is 2.26. The van der Waals surface area contributed by atoms with Gasteiger partial charge in [-0.15, -0.1) is 0 Å². The number of thioether (sulfide) groups is 1. The van der Waals surface area contributed by atoms with E-state index in [0.29, 0.717) is 10.9 Å². The summed E-state index contributed by atoms with van der Waals surface area (Å²) in [7, 11) is -1.44. The van der Waals surface area contributed by atoms with E-state index in [1.54, 1.807) is 0 Å². The molecule has 0 N–H and O–H groups in total. The fraction of sp³-hybridized carbons (Fsp3) is 0.625. The molecule has 0 fully saturated rings. The van der Waals surface area contributed by atoms with E-state index in [0.717, 1.165) is 12.2 Å². The Kier molecular flexibility index (Phi) is 5.38. The van der Waals surface area contributed by atoms with Gasteiger partial charge in [0.1, 0.15) is 0 Å². The molecular weight excluding hydrogens is 247 g/mol. The van der Waals surface area contributed by atoms with Crippen LogP contribution in [0.4, 0.5) is 13.2 Å². The van der Waals surface area contributed by atoms with Gasteiger partial charge in [0, 0.05) is 24.5 Å². The van der Waals surface area contributed by atoms with Crippen LogP contribution < -0.4 is 0 Å². The van der Waals surface area contributed by atoms with E-state index in [4.69, 9.17) is 0 Å². The maximum absolute atomic E-state index is 12.4. The Bertz CT molecular complexity index is 313. The minimum Gasteiger partial charge on any atom is -0.270 e. The van der Waals surface area contributed by atoms with Crippen LogP contribution >= 0.6 is 11.8 Å². The summed E-state index contributed by atoms with van der Waals surface area (Å²) < 4.78 is 47.7. The summed E-state index contributed by atoms with van der Waals surface area (Å²) in [5.74, 6) is -0.778. The molecule has 0 saturated heterocycles. The second-order valence-corrected chi connectivity index (χ2v) is 5.64. The lowest BCUT2D eigenvalue weighted by Crippen LogP contribution is -2.12. The maximum Gasteiger partial charge on any atom is 0.301 e. The number of nitrogens with zero attached hydrogens (tertiary/aromatic N) is 1. The van der Waals surface area contributed by atoms with Gasteiger partial charge in [-0.3, -0.25) is 9.20 Å². The highest BCUT2D eigenvalue weighted by atomic mass is 32.2. The van der Waals surface area contributed by atoms with Gasteiger partial charge in [-0.05, 0) is 6.42 Å². The van der Waals surface area contributed by atoms with Gasteiger partial charge in [0.25, 0.3) is 0 Å². The first-order valence-electron chi connectivity index (χ1n) is 4.36. The zero-order chi connectivity index (χ0) is 11.3. The lowest BCUT2D eigenvalue weighted by Gasteiger charge is -2.09. The molecule has 15 heavy (non-hydrogen) atoms. The van der Waals surface area contributed by atoms with Gasteiger partial charge in [0.05, 0.1) is 10.8 Å². The molecule has 2 nitrogen and oxygen atoms in total. The van der Waals surface area contributed by atoms with Gasteiger partial charge in [-0.1, -0.05) is 11.8 Å². The number of rotatable bonds is 3. The molecule has 86 valence electrons. The van der Waals surface area contributed by atoms with Gasteiger partial charge in [-0.25, -0.2) is 4.39 Å². The largest absolute Gasteiger partial charge is 0.301 e. The van der Waals surface area contributed by atoms with E-state index in [9.17, 15) is 17.4 Å². The van der Waals surface area contributed by atoms with Gasteiger partial charge in [-0.2, -0.15) is 8.78 Å². The van der Waals surface area contributed by atoms with E-state index in [1.165, 1.54) is 11.8 Å². The zero-order valence-corrected chi connectivity index (χ0v) is 9.47. The summed E-state index contributed by atoms with van der Waals surface area (Å²) >= 11 is 1.36. The van der Waals surface area contributed by atoms with Crippen molar-refractivity contribution in [2.45, 2.75) is 12.8 Å². The standard InChI is InChI=1S/C8H10F3NOS2/c9-6(7(10)11)2-5-15(13)8-12-3-1-4-14-8/h1-5H2. The Labute approximate surface area is 92.5 Å². The lowest BCUT2D eigenvalue weighted by atomic mass is 10.4. The Balaban J connectivity index is 2.42. The van der Waals surface area contributed by atoms with Crippen LogP contribution in [0.1, 0.15) is 12.8 Å². The zero-order valence-electron chi connectivity index (χ0n) is 7.84. The normalized spacial score (nSPS) is 18.2. The van der Waals surface area contributed by atoms with Crippen LogP contribution in [-0.2, 0) is 10.8 Å². The highest BCUT2D eigenvalue weighted by molar-refractivity contribution is 8.33. The summed E-state index contributed by atoms with van der Waals surface area (Å²) in [6, 6.07) is 0. The van der Waals surface area contributed by atoms with Crippen molar-refractivity contribution in [1.29, 1.82) is 0 Å². The molecule has 0 aromatic heterocycles. The molecule has 0 saturated carbocycles. The predicted molar refractivity (Wildman–Crippen MR) is 57.4 cm³/mol. The summed E-state index contributed by atoms with van der Waals surface area (Å²) in [4.78, 5) is 4.01. The second-order valence-electron chi connectivity index (χ2n) is 2.81. The van der Waals surface area contributed by atoms with E-state index in [-0.39, 0.29) is 5.75 Å². The molecule has 0 aromatic rings. The molecule has 0 aromatic carbocycles. The van der Waals surface area contributed by atoms with Crippen molar-refractivity contribution in [3.8, 4) is 0 Å². The van der Waals surface area contributed by atoms with Crippen LogP contribution in [-0.4, -0.2) is 26.6 Å². The van der Waals surface area contributed by atoms with Gasteiger partial charge in [0.2, 0.25) is 0 Å². The maximum atomic E-state index is 12.4. The minimum absolute atomic E-state index is 0.130. The van der Waals surface area contributed by atoms with Crippen LogP contribution in [0.15, 0.2) is 16.9 Å². The molecule has 1 heterocycles. The van der Waals surface area contributed by atoms with E-state index >= 15 is 0 Å². The van der Waals surface area contributed by atoms with Crippen molar-refractivity contribution >= 4 is 26.9 Å².